The van der Waals surface area contributed by atoms with E-state index in [2.05, 4.69) is 15.4 Å². The van der Waals surface area contributed by atoms with Crippen molar-refractivity contribution >= 4 is 16.7 Å². The molecule has 1 amide bonds. The van der Waals surface area contributed by atoms with Gasteiger partial charge in [-0.15, -0.1) is 0 Å². The molecule has 1 aliphatic carbocycles. The van der Waals surface area contributed by atoms with Gasteiger partial charge in [-0.1, -0.05) is 12.1 Å². The minimum atomic E-state index is -0.324. The van der Waals surface area contributed by atoms with E-state index in [1.165, 1.54) is 4.68 Å². The van der Waals surface area contributed by atoms with E-state index in [9.17, 15) is 14.4 Å². The number of aryl methyl sites for hydroxylation is 2. The molecule has 7 heteroatoms. The maximum atomic E-state index is 12.5. The number of H-pyrrole nitrogens is 1. The van der Waals surface area contributed by atoms with Crippen molar-refractivity contribution in [2.45, 2.75) is 32.2 Å². The molecular weight excluding hydrogens is 344 g/mol. The maximum Gasteiger partial charge on any atom is 0.273 e. The highest BCUT2D eigenvalue weighted by atomic mass is 16.2. The van der Waals surface area contributed by atoms with Crippen LogP contribution in [0.3, 0.4) is 0 Å². The van der Waals surface area contributed by atoms with Crippen LogP contribution >= 0.6 is 0 Å². The number of nitrogens with zero attached hydrogens (tertiary/aromatic N) is 2. The summed E-state index contributed by atoms with van der Waals surface area (Å²) in [6.45, 7) is 0.410. The molecule has 0 spiro atoms. The Balaban J connectivity index is 1.46. The topological polar surface area (TPSA) is 96.9 Å². The second-order valence-electron chi connectivity index (χ2n) is 6.74. The molecule has 1 aromatic carbocycles. The van der Waals surface area contributed by atoms with Crippen LogP contribution in [0.5, 0.6) is 0 Å². The number of hydrogen-bond acceptors (Lipinski definition) is 4. The first-order chi connectivity index (χ1) is 13.1. The second kappa shape index (κ2) is 7.19. The number of carbonyl (C=O) groups is 1. The molecule has 2 heterocycles. The van der Waals surface area contributed by atoms with Gasteiger partial charge < -0.3 is 5.32 Å². The van der Waals surface area contributed by atoms with Crippen LogP contribution in [0, 0.1) is 0 Å². The van der Waals surface area contributed by atoms with Crippen LogP contribution in [0.25, 0.3) is 10.8 Å². The van der Waals surface area contributed by atoms with Crippen molar-refractivity contribution in [1.82, 2.24) is 20.1 Å². The predicted molar refractivity (Wildman–Crippen MR) is 102 cm³/mol. The van der Waals surface area contributed by atoms with Gasteiger partial charge in [-0.3, -0.25) is 24.5 Å². The first kappa shape index (κ1) is 17.2. The van der Waals surface area contributed by atoms with Gasteiger partial charge in [0.1, 0.15) is 0 Å². The summed E-state index contributed by atoms with van der Waals surface area (Å²) >= 11 is 0. The number of nitrogens with one attached hydrogen (secondary N) is 2. The molecule has 138 valence electrons. The van der Waals surface area contributed by atoms with Gasteiger partial charge in [0.05, 0.1) is 22.9 Å². The minimum absolute atomic E-state index is 0.184. The van der Waals surface area contributed by atoms with Gasteiger partial charge in [0, 0.05) is 18.4 Å². The molecule has 0 radical (unpaired) electrons. The number of hydrogen-bond donors (Lipinski definition) is 2. The molecule has 0 aliphatic heterocycles. The molecule has 2 N–H and O–H groups in total. The Hall–Kier alpha value is -3.22. The summed E-state index contributed by atoms with van der Waals surface area (Å²) < 4.78 is 1.23. The molecule has 0 fully saturated rings. The van der Waals surface area contributed by atoms with E-state index in [1.54, 1.807) is 30.5 Å². The van der Waals surface area contributed by atoms with Crippen LogP contribution in [0.4, 0.5) is 0 Å². The van der Waals surface area contributed by atoms with Gasteiger partial charge in [0.15, 0.2) is 0 Å². The number of benzene rings is 1. The fraction of sp³-hybridized carbons (Fsp3) is 0.300. The lowest BCUT2D eigenvalue weighted by Gasteiger charge is -2.15. The number of carbonyl (C=O) groups excluding carboxylic acids is 1. The molecule has 0 bridgehead atoms. The summed E-state index contributed by atoms with van der Waals surface area (Å²) in [6, 6.07) is 8.58. The number of fused-ring (bicyclic) bond motifs is 2. The molecule has 4 rings (SSSR count). The van der Waals surface area contributed by atoms with Gasteiger partial charge in [0.2, 0.25) is 0 Å². The van der Waals surface area contributed by atoms with Crippen molar-refractivity contribution in [2.24, 2.45) is 0 Å². The molecule has 1 aliphatic rings. The Morgan fingerprint density at radius 2 is 1.93 bits per heavy atom. The van der Waals surface area contributed by atoms with Gasteiger partial charge >= 0.3 is 0 Å². The van der Waals surface area contributed by atoms with E-state index in [0.717, 1.165) is 36.9 Å². The highest BCUT2D eigenvalue weighted by Crippen LogP contribution is 2.19. The lowest BCUT2D eigenvalue weighted by atomic mass is 9.95. The van der Waals surface area contributed by atoms with Crippen molar-refractivity contribution in [3.8, 4) is 0 Å². The van der Waals surface area contributed by atoms with Gasteiger partial charge in [-0.25, -0.2) is 4.68 Å². The minimum Gasteiger partial charge on any atom is -0.350 e. The highest BCUT2D eigenvalue weighted by Gasteiger charge is 2.14. The molecule has 0 unspecified atom stereocenters. The Bertz CT molecular complexity index is 1130. The average Bonchev–Trinajstić information content (AvgIpc) is 2.71. The van der Waals surface area contributed by atoms with Crippen molar-refractivity contribution in [1.29, 1.82) is 0 Å². The van der Waals surface area contributed by atoms with Crippen LogP contribution in [-0.2, 0) is 19.4 Å². The largest absolute Gasteiger partial charge is 0.350 e. The van der Waals surface area contributed by atoms with Crippen molar-refractivity contribution in [3.63, 3.8) is 0 Å². The fourth-order valence-electron chi connectivity index (χ4n) is 3.50. The zero-order chi connectivity index (χ0) is 18.8. The van der Waals surface area contributed by atoms with E-state index in [-0.39, 0.29) is 30.1 Å². The third-order valence-electron chi connectivity index (χ3n) is 4.94. The first-order valence-electron chi connectivity index (χ1n) is 9.11. The number of aromatic amines is 1. The molecule has 2 aromatic heterocycles. The smallest absolute Gasteiger partial charge is 0.273 e. The number of pyridine rings is 1. The number of aromatic nitrogens is 3. The third kappa shape index (κ3) is 3.40. The van der Waals surface area contributed by atoms with Crippen molar-refractivity contribution in [2.75, 3.05) is 6.54 Å². The quantitative estimate of drug-likeness (QED) is 0.731. The summed E-state index contributed by atoms with van der Waals surface area (Å²) in [4.78, 5) is 41.3. The number of amides is 1. The van der Waals surface area contributed by atoms with Crippen LogP contribution < -0.4 is 16.4 Å². The zero-order valence-electron chi connectivity index (χ0n) is 14.8. The highest BCUT2D eigenvalue weighted by molar-refractivity contribution is 5.94. The van der Waals surface area contributed by atoms with Crippen molar-refractivity contribution < 1.29 is 4.79 Å². The van der Waals surface area contributed by atoms with E-state index in [1.807, 2.05) is 6.07 Å². The first-order valence-corrected chi connectivity index (χ1v) is 9.11. The van der Waals surface area contributed by atoms with Crippen LogP contribution in [-0.4, -0.2) is 27.2 Å². The Morgan fingerprint density at radius 3 is 2.78 bits per heavy atom. The molecule has 0 saturated carbocycles. The zero-order valence-corrected chi connectivity index (χ0v) is 14.8. The fourth-order valence-corrected chi connectivity index (χ4v) is 3.50. The third-order valence-corrected chi connectivity index (χ3v) is 4.94. The molecule has 3 aromatic rings. The maximum absolute atomic E-state index is 12.5. The lowest BCUT2D eigenvalue weighted by molar-refractivity contribution is 0.0951. The van der Waals surface area contributed by atoms with E-state index < -0.39 is 0 Å². The van der Waals surface area contributed by atoms with E-state index >= 15 is 0 Å². The molecule has 27 heavy (non-hydrogen) atoms. The predicted octanol–water partition coefficient (Wildman–Crippen LogP) is 1.39. The van der Waals surface area contributed by atoms with Crippen LogP contribution in [0.15, 0.2) is 46.1 Å². The van der Waals surface area contributed by atoms with Crippen LogP contribution in [0.2, 0.25) is 0 Å². The molecule has 0 saturated heterocycles. The van der Waals surface area contributed by atoms with Crippen LogP contribution in [0.1, 0.15) is 34.5 Å². The normalized spacial score (nSPS) is 13.3. The van der Waals surface area contributed by atoms with Gasteiger partial charge in [0.25, 0.3) is 17.0 Å². The summed E-state index contributed by atoms with van der Waals surface area (Å²) in [6.07, 6.45) is 5.79. The van der Waals surface area contributed by atoms with E-state index in [0.29, 0.717) is 16.3 Å². The van der Waals surface area contributed by atoms with Gasteiger partial charge in [-0.2, -0.15) is 0 Å². The second-order valence-corrected chi connectivity index (χ2v) is 6.74. The monoisotopic (exact) mass is 364 g/mol. The number of rotatable bonds is 4. The Labute approximate surface area is 155 Å². The molecule has 7 nitrogen and oxygen atoms in total. The lowest BCUT2D eigenvalue weighted by Crippen LogP contribution is -2.35. The average molecular weight is 364 g/mol. The summed E-state index contributed by atoms with van der Waals surface area (Å²) in [5.74, 6) is -0.230. The van der Waals surface area contributed by atoms with E-state index in [4.69, 9.17) is 0 Å². The van der Waals surface area contributed by atoms with Crippen molar-refractivity contribution in [3.05, 3.63) is 74.1 Å². The Morgan fingerprint density at radius 1 is 1.15 bits per heavy atom. The molecular formula is C20H20N4O3. The summed E-state index contributed by atoms with van der Waals surface area (Å²) in [7, 11) is 0. The summed E-state index contributed by atoms with van der Waals surface area (Å²) in [5.41, 5.74) is 2.14. The standard InChI is InChI=1S/C20H20N4O3/c25-18(14-11-13-5-1-4-8-17(13)22-12-14)21-9-10-24-20(27)16-7-3-2-6-15(16)19(26)23-24/h2-3,6-7,11-12H,1,4-5,8-10H2,(H,21,25)(H,23,26). The SMILES string of the molecule is O=C(NCCn1[nH]c(=O)c2ccccc2c1=O)c1cnc2c(c1)CCCC2. The van der Waals surface area contributed by atoms with Gasteiger partial charge in [-0.05, 0) is 49.4 Å². The summed E-state index contributed by atoms with van der Waals surface area (Å²) in [5, 5.41) is 6.08. The Kier molecular flexibility index (Phi) is 4.58. The molecule has 0 atom stereocenters.